The Morgan fingerprint density at radius 1 is 1.10 bits per heavy atom. The molecule has 0 saturated carbocycles. The lowest BCUT2D eigenvalue weighted by molar-refractivity contribution is 0.627. The number of benzene rings is 1. The monoisotopic (exact) mass is 293 g/mol. The number of aromatic nitrogens is 2. The zero-order chi connectivity index (χ0) is 14.2. The molecule has 0 unspecified atom stereocenters. The molecule has 20 heavy (non-hydrogen) atoms. The lowest BCUT2D eigenvalue weighted by atomic mass is 10.2. The van der Waals surface area contributed by atoms with E-state index in [0.29, 0.717) is 0 Å². The molecule has 2 rings (SSSR count). The van der Waals surface area contributed by atoms with Crippen LogP contribution in [0.5, 0.6) is 0 Å². The van der Waals surface area contributed by atoms with E-state index >= 15 is 0 Å². The summed E-state index contributed by atoms with van der Waals surface area (Å²) in [5.74, 6) is -0.203. The predicted octanol–water partition coefficient (Wildman–Crippen LogP) is 3.20. The molecule has 1 aromatic heterocycles. The Bertz CT molecular complexity index is 510. The summed E-state index contributed by atoms with van der Waals surface area (Å²) >= 11 is 1.65. The highest BCUT2D eigenvalue weighted by molar-refractivity contribution is 7.11. The third-order valence-corrected chi connectivity index (χ3v) is 3.93. The van der Waals surface area contributed by atoms with Crippen molar-refractivity contribution in [1.82, 2.24) is 15.5 Å². The molecule has 0 aliphatic carbocycles. The van der Waals surface area contributed by atoms with Crippen LogP contribution in [0.4, 0.5) is 4.39 Å². The first-order valence-electron chi connectivity index (χ1n) is 7.04. The third-order valence-electron chi connectivity index (χ3n) is 2.95. The molecule has 2 aromatic rings. The first-order valence-corrected chi connectivity index (χ1v) is 7.86. The highest BCUT2D eigenvalue weighted by Gasteiger charge is 2.05. The van der Waals surface area contributed by atoms with E-state index in [9.17, 15) is 4.39 Å². The lowest BCUT2D eigenvalue weighted by Crippen LogP contribution is -2.16. The van der Waals surface area contributed by atoms with Crippen LogP contribution >= 0.6 is 11.3 Å². The molecule has 108 valence electrons. The Morgan fingerprint density at radius 2 is 1.85 bits per heavy atom. The second-order valence-electron chi connectivity index (χ2n) is 4.75. The van der Waals surface area contributed by atoms with Crippen LogP contribution in [-0.2, 0) is 12.8 Å². The molecular formula is C15H20FN3S. The minimum absolute atomic E-state index is 0.203. The number of hydrogen-bond acceptors (Lipinski definition) is 4. The van der Waals surface area contributed by atoms with E-state index in [1.54, 1.807) is 23.5 Å². The molecule has 0 atom stereocenters. The number of halogens is 1. The quantitative estimate of drug-likeness (QED) is 0.760. The van der Waals surface area contributed by atoms with Crippen molar-refractivity contribution in [3.63, 3.8) is 0 Å². The Morgan fingerprint density at radius 3 is 2.60 bits per heavy atom. The van der Waals surface area contributed by atoms with Crippen LogP contribution in [0.3, 0.4) is 0 Å². The topological polar surface area (TPSA) is 37.8 Å². The van der Waals surface area contributed by atoms with Crippen molar-refractivity contribution in [2.45, 2.75) is 32.6 Å². The molecule has 0 amide bonds. The van der Waals surface area contributed by atoms with Crippen molar-refractivity contribution in [1.29, 1.82) is 0 Å². The highest BCUT2D eigenvalue weighted by Crippen LogP contribution is 2.16. The lowest BCUT2D eigenvalue weighted by Gasteiger charge is -2.00. The van der Waals surface area contributed by atoms with Gasteiger partial charge in [-0.1, -0.05) is 19.1 Å². The van der Waals surface area contributed by atoms with Crippen molar-refractivity contribution in [2.24, 2.45) is 0 Å². The van der Waals surface area contributed by atoms with E-state index in [1.165, 1.54) is 18.6 Å². The maximum atomic E-state index is 12.8. The molecule has 0 bridgehead atoms. The van der Waals surface area contributed by atoms with Crippen molar-refractivity contribution < 1.29 is 4.39 Å². The second-order valence-corrected chi connectivity index (χ2v) is 5.89. The molecule has 0 aliphatic rings. The Labute approximate surface area is 123 Å². The highest BCUT2D eigenvalue weighted by atomic mass is 32.1. The molecule has 1 heterocycles. The van der Waals surface area contributed by atoms with E-state index in [-0.39, 0.29) is 5.82 Å². The largest absolute Gasteiger partial charge is 0.317 e. The standard InChI is InChI=1S/C15H20FN3S/c1-2-9-17-10-3-4-14-18-19-15(20-14)11-12-5-7-13(16)8-6-12/h5-8,17H,2-4,9-11H2,1H3. The number of hydrogen-bond donors (Lipinski definition) is 1. The van der Waals surface area contributed by atoms with Crippen molar-refractivity contribution in [3.05, 3.63) is 45.7 Å². The molecule has 0 spiro atoms. The van der Waals surface area contributed by atoms with Gasteiger partial charge in [-0.2, -0.15) is 0 Å². The normalized spacial score (nSPS) is 10.9. The van der Waals surface area contributed by atoms with Crippen LogP contribution in [0.15, 0.2) is 24.3 Å². The summed E-state index contributed by atoms with van der Waals surface area (Å²) in [4.78, 5) is 0. The number of nitrogens with zero attached hydrogens (tertiary/aromatic N) is 2. The number of rotatable bonds is 8. The van der Waals surface area contributed by atoms with Crippen LogP contribution in [0.2, 0.25) is 0 Å². The van der Waals surface area contributed by atoms with Gasteiger partial charge in [-0.15, -0.1) is 21.5 Å². The van der Waals surface area contributed by atoms with Crippen molar-refractivity contribution in [2.75, 3.05) is 13.1 Å². The molecule has 5 heteroatoms. The smallest absolute Gasteiger partial charge is 0.123 e. The van der Waals surface area contributed by atoms with Crippen LogP contribution in [0.1, 0.15) is 35.3 Å². The Kier molecular flexibility index (Phi) is 6.08. The summed E-state index contributed by atoms with van der Waals surface area (Å²) in [6.07, 6.45) is 3.95. The predicted molar refractivity (Wildman–Crippen MR) is 80.6 cm³/mol. The van der Waals surface area contributed by atoms with Crippen LogP contribution in [0, 0.1) is 5.82 Å². The zero-order valence-corrected chi connectivity index (χ0v) is 12.5. The fourth-order valence-electron chi connectivity index (χ4n) is 1.90. The van der Waals surface area contributed by atoms with Gasteiger partial charge in [0.2, 0.25) is 0 Å². The molecule has 0 saturated heterocycles. The van der Waals surface area contributed by atoms with Gasteiger partial charge in [0.15, 0.2) is 0 Å². The van der Waals surface area contributed by atoms with Crippen molar-refractivity contribution in [3.8, 4) is 0 Å². The van der Waals surface area contributed by atoms with E-state index in [1.807, 2.05) is 0 Å². The number of aryl methyl sites for hydroxylation is 1. The van der Waals surface area contributed by atoms with E-state index < -0.39 is 0 Å². The first-order chi connectivity index (χ1) is 9.78. The summed E-state index contributed by atoms with van der Waals surface area (Å²) < 4.78 is 12.8. The van der Waals surface area contributed by atoms with Gasteiger partial charge in [-0.25, -0.2) is 4.39 Å². The van der Waals surface area contributed by atoms with E-state index in [2.05, 4.69) is 22.4 Å². The van der Waals surface area contributed by atoms with Gasteiger partial charge in [-0.3, -0.25) is 0 Å². The van der Waals surface area contributed by atoms with Gasteiger partial charge in [0.1, 0.15) is 15.8 Å². The fraction of sp³-hybridized carbons (Fsp3) is 0.467. The van der Waals surface area contributed by atoms with Gasteiger partial charge in [-0.05, 0) is 43.6 Å². The summed E-state index contributed by atoms with van der Waals surface area (Å²) in [5, 5.41) is 13.9. The van der Waals surface area contributed by atoms with Gasteiger partial charge in [0.25, 0.3) is 0 Å². The molecule has 0 fully saturated rings. The molecule has 0 radical (unpaired) electrons. The van der Waals surface area contributed by atoms with Crippen LogP contribution in [0.25, 0.3) is 0 Å². The summed E-state index contributed by atoms with van der Waals surface area (Å²) in [7, 11) is 0. The molecule has 1 N–H and O–H groups in total. The average Bonchev–Trinajstić information content (AvgIpc) is 2.89. The Balaban J connectivity index is 1.78. The molecule has 3 nitrogen and oxygen atoms in total. The minimum atomic E-state index is -0.203. The van der Waals surface area contributed by atoms with E-state index in [4.69, 9.17) is 0 Å². The number of nitrogens with one attached hydrogen (secondary N) is 1. The maximum absolute atomic E-state index is 12.8. The van der Waals surface area contributed by atoms with Gasteiger partial charge < -0.3 is 5.32 Å². The summed E-state index contributed by atoms with van der Waals surface area (Å²) in [6, 6.07) is 6.56. The third kappa shape index (κ3) is 4.98. The van der Waals surface area contributed by atoms with Gasteiger partial charge in [0, 0.05) is 12.8 Å². The van der Waals surface area contributed by atoms with Crippen LogP contribution in [-0.4, -0.2) is 23.3 Å². The van der Waals surface area contributed by atoms with Crippen LogP contribution < -0.4 is 5.32 Å². The maximum Gasteiger partial charge on any atom is 0.123 e. The Hall–Kier alpha value is -1.33. The van der Waals surface area contributed by atoms with E-state index in [0.717, 1.165) is 47.9 Å². The molecule has 1 aromatic carbocycles. The summed E-state index contributed by atoms with van der Waals surface area (Å²) in [6.45, 7) is 4.27. The van der Waals surface area contributed by atoms with Gasteiger partial charge in [0.05, 0.1) is 0 Å². The first kappa shape index (κ1) is 15.1. The molecule has 0 aliphatic heterocycles. The fourth-order valence-corrected chi connectivity index (χ4v) is 2.82. The second kappa shape index (κ2) is 8.07. The molecular weight excluding hydrogens is 273 g/mol. The average molecular weight is 293 g/mol. The summed E-state index contributed by atoms with van der Waals surface area (Å²) in [5.41, 5.74) is 1.07. The minimum Gasteiger partial charge on any atom is -0.317 e. The van der Waals surface area contributed by atoms with Gasteiger partial charge >= 0.3 is 0 Å². The van der Waals surface area contributed by atoms with Crippen molar-refractivity contribution >= 4 is 11.3 Å². The zero-order valence-electron chi connectivity index (χ0n) is 11.7. The SMILES string of the molecule is CCCNCCCc1nnc(Cc2ccc(F)cc2)s1.